The van der Waals surface area contributed by atoms with Gasteiger partial charge in [-0.3, -0.25) is 23.9 Å². The summed E-state index contributed by atoms with van der Waals surface area (Å²) in [6.45, 7) is 0.114. The number of carbonyl (C=O) groups is 3. The van der Waals surface area contributed by atoms with E-state index < -0.39 is 23.6 Å². The number of amides is 1. The molecular weight excluding hydrogens is 327 g/mol. The summed E-state index contributed by atoms with van der Waals surface area (Å²) >= 11 is 0. The number of pyridine rings is 1. The number of hydrogen-bond acceptors (Lipinski definition) is 5. The lowest BCUT2D eigenvalue weighted by atomic mass is 10.1. The summed E-state index contributed by atoms with van der Waals surface area (Å²) in [7, 11) is 1.59. The molecule has 3 rings (SSSR count). The molecule has 8 heteroatoms. The minimum Gasteiger partial charge on any atom is -0.353 e. The molecule has 0 bridgehead atoms. The van der Waals surface area contributed by atoms with Gasteiger partial charge in [0.05, 0.1) is 5.36 Å². The molecule has 1 aliphatic heterocycles. The minimum atomic E-state index is -1.32. The lowest BCUT2D eigenvalue weighted by Gasteiger charge is -2.25. The highest BCUT2D eigenvalue weighted by Crippen LogP contribution is 2.14. The average Bonchev–Trinajstić information content (AvgIpc) is 2.63. The van der Waals surface area contributed by atoms with Crippen LogP contribution >= 0.6 is 0 Å². The second-order valence-corrected chi connectivity index (χ2v) is 5.45. The number of rotatable bonds is 3. The predicted molar refractivity (Wildman–Crippen MR) is 87.2 cm³/mol. The number of nitrogens with one attached hydrogen (secondary N) is 2. The molecule has 128 valence electrons. The van der Waals surface area contributed by atoms with Crippen molar-refractivity contribution >= 4 is 23.4 Å². The van der Waals surface area contributed by atoms with Crippen molar-refractivity contribution in [2.45, 2.75) is 12.6 Å². The van der Waals surface area contributed by atoms with Crippen LogP contribution in [0.4, 0.5) is 10.2 Å². The zero-order valence-electron chi connectivity index (χ0n) is 13.3. The van der Waals surface area contributed by atoms with Crippen LogP contribution in [0, 0.1) is 5.82 Å². The van der Waals surface area contributed by atoms with Crippen LogP contribution in [0.2, 0.25) is 0 Å². The Labute approximate surface area is 142 Å². The van der Waals surface area contributed by atoms with Crippen LogP contribution in [0.15, 0.2) is 47.6 Å². The van der Waals surface area contributed by atoms with E-state index in [1.165, 1.54) is 30.5 Å². The molecule has 0 radical (unpaired) electrons. The number of ketones is 1. The Morgan fingerprint density at radius 3 is 2.68 bits per heavy atom. The highest BCUT2D eigenvalue weighted by molar-refractivity contribution is 6.45. The predicted octanol–water partition coefficient (Wildman–Crippen LogP) is 0.477. The fraction of sp³-hybridized carbons (Fsp3) is 0.176. The van der Waals surface area contributed by atoms with Gasteiger partial charge in [-0.05, 0) is 23.8 Å². The highest BCUT2D eigenvalue weighted by Gasteiger charge is 2.37. The Balaban J connectivity index is 1.77. The number of carbonyl (C=O) groups excluding carboxylic acids is 3. The Kier molecular flexibility index (Phi) is 4.42. The number of hydrogen-bond donors (Lipinski definition) is 2. The van der Waals surface area contributed by atoms with E-state index in [4.69, 9.17) is 0 Å². The molecule has 0 spiro atoms. The molecule has 1 unspecified atom stereocenters. The first kappa shape index (κ1) is 16.6. The summed E-state index contributed by atoms with van der Waals surface area (Å²) in [5.41, 5.74) is 0.672. The maximum absolute atomic E-state index is 12.9. The molecule has 1 aromatic carbocycles. The van der Waals surface area contributed by atoms with Crippen molar-refractivity contribution in [2.75, 3.05) is 12.4 Å². The fourth-order valence-corrected chi connectivity index (χ4v) is 2.45. The molecule has 0 aliphatic carbocycles. The Hall–Kier alpha value is -3.29. The van der Waals surface area contributed by atoms with Crippen molar-refractivity contribution in [1.29, 1.82) is 0 Å². The van der Waals surface area contributed by atoms with Crippen LogP contribution in [-0.4, -0.2) is 35.3 Å². The first-order chi connectivity index (χ1) is 12.0. The van der Waals surface area contributed by atoms with Gasteiger partial charge < -0.3 is 10.6 Å². The van der Waals surface area contributed by atoms with Gasteiger partial charge in [-0.1, -0.05) is 12.1 Å². The Morgan fingerprint density at radius 2 is 2.00 bits per heavy atom. The first-order valence-corrected chi connectivity index (χ1v) is 7.52. The van der Waals surface area contributed by atoms with Gasteiger partial charge in [-0.2, -0.15) is 0 Å². The van der Waals surface area contributed by atoms with E-state index in [2.05, 4.69) is 15.6 Å². The van der Waals surface area contributed by atoms with E-state index in [0.717, 1.165) is 4.57 Å². The molecule has 0 saturated heterocycles. The molecule has 2 heterocycles. The largest absolute Gasteiger partial charge is 0.353 e. The number of halogens is 1. The first-order valence-electron chi connectivity index (χ1n) is 7.52. The maximum atomic E-state index is 12.9. The Bertz CT molecular complexity index is 918. The van der Waals surface area contributed by atoms with E-state index in [-0.39, 0.29) is 12.4 Å². The molecule has 1 amide bonds. The van der Waals surface area contributed by atoms with Crippen molar-refractivity contribution in [3.05, 3.63) is 59.3 Å². The van der Waals surface area contributed by atoms with E-state index >= 15 is 0 Å². The average molecular weight is 342 g/mol. The second-order valence-electron chi connectivity index (χ2n) is 5.45. The third kappa shape index (κ3) is 3.32. The standard InChI is InChI=1S/C17H15FN4O3/c1-19-12-6-7-22-13(8-12)21-14(15(23)17(22)25)16(24)20-9-10-2-4-11(18)5-3-10/h2-8,14,21H,9H2,1H3,(H,20,24). The molecule has 25 heavy (non-hydrogen) atoms. The number of nitrogens with zero attached hydrogens (tertiary/aromatic N) is 2. The minimum absolute atomic E-state index is 0.114. The van der Waals surface area contributed by atoms with Crippen LogP contribution in [0.3, 0.4) is 0 Å². The summed E-state index contributed by atoms with van der Waals surface area (Å²) < 4.78 is 14.0. The summed E-state index contributed by atoms with van der Waals surface area (Å²) in [4.78, 5) is 40.6. The lowest BCUT2D eigenvalue weighted by Crippen LogP contribution is -2.52. The van der Waals surface area contributed by atoms with Gasteiger partial charge in [-0.25, -0.2) is 4.39 Å². The Morgan fingerprint density at radius 1 is 1.28 bits per heavy atom. The SMILES string of the molecule is CN=c1ccn2c(c1)NC(C(=O)NCc1ccc(F)cc1)C(=O)C2=O. The molecule has 0 fully saturated rings. The number of Topliss-reactive ketones (excluding diaryl/α,β-unsaturated/α-hetero) is 1. The third-order valence-corrected chi connectivity index (χ3v) is 3.82. The smallest absolute Gasteiger partial charge is 0.302 e. The molecule has 2 N–H and O–H groups in total. The van der Waals surface area contributed by atoms with Crippen molar-refractivity contribution < 1.29 is 18.8 Å². The molecule has 1 atom stereocenters. The fourth-order valence-electron chi connectivity index (χ4n) is 2.45. The molecular formula is C17H15FN4O3. The maximum Gasteiger partial charge on any atom is 0.302 e. The summed E-state index contributed by atoms with van der Waals surface area (Å²) in [5, 5.41) is 5.93. The summed E-state index contributed by atoms with van der Waals surface area (Å²) in [5.74, 6) is -2.34. The quantitative estimate of drug-likeness (QED) is 0.627. The summed E-state index contributed by atoms with van der Waals surface area (Å²) in [6, 6.07) is 7.44. The van der Waals surface area contributed by atoms with Crippen molar-refractivity contribution in [3.8, 4) is 0 Å². The van der Waals surface area contributed by atoms with Gasteiger partial charge in [0, 0.05) is 25.9 Å². The van der Waals surface area contributed by atoms with E-state index in [0.29, 0.717) is 16.7 Å². The van der Waals surface area contributed by atoms with Crippen LogP contribution < -0.4 is 16.0 Å². The van der Waals surface area contributed by atoms with Gasteiger partial charge in [0.1, 0.15) is 11.6 Å². The number of anilines is 1. The lowest BCUT2D eigenvalue weighted by molar-refractivity contribution is -0.128. The monoisotopic (exact) mass is 342 g/mol. The van der Waals surface area contributed by atoms with Crippen LogP contribution in [-0.2, 0) is 16.1 Å². The number of fused-ring (bicyclic) bond motifs is 1. The van der Waals surface area contributed by atoms with Crippen molar-refractivity contribution in [3.63, 3.8) is 0 Å². The van der Waals surface area contributed by atoms with Crippen molar-refractivity contribution in [2.24, 2.45) is 4.99 Å². The highest BCUT2D eigenvalue weighted by atomic mass is 19.1. The van der Waals surface area contributed by atoms with Crippen LogP contribution in [0.5, 0.6) is 0 Å². The number of aromatic nitrogens is 1. The van der Waals surface area contributed by atoms with Gasteiger partial charge in [0.25, 0.3) is 11.7 Å². The number of benzene rings is 1. The van der Waals surface area contributed by atoms with Gasteiger partial charge in [0.2, 0.25) is 0 Å². The molecule has 1 aliphatic rings. The normalized spacial score (nSPS) is 17.0. The molecule has 0 saturated carbocycles. The van der Waals surface area contributed by atoms with Gasteiger partial charge >= 0.3 is 5.91 Å². The molecule has 2 aromatic rings. The van der Waals surface area contributed by atoms with E-state index in [1.54, 1.807) is 19.2 Å². The molecule has 1 aromatic heterocycles. The van der Waals surface area contributed by atoms with Gasteiger partial charge in [-0.15, -0.1) is 0 Å². The topological polar surface area (TPSA) is 92.6 Å². The van der Waals surface area contributed by atoms with Crippen LogP contribution in [0.1, 0.15) is 10.4 Å². The molecule has 7 nitrogen and oxygen atoms in total. The zero-order chi connectivity index (χ0) is 18.0. The van der Waals surface area contributed by atoms with E-state index in [1.807, 2.05) is 0 Å². The van der Waals surface area contributed by atoms with E-state index in [9.17, 15) is 18.8 Å². The second kappa shape index (κ2) is 6.68. The summed E-state index contributed by atoms with van der Waals surface area (Å²) in [6.07, 6.45) is 1.43. The van der Waals surface area contributed by atoms with Crippen LogP contribution in [0.25, 0.3) is 0 Å². The zero-order valence-corrected chi connectivity index (χ0v) is 13.3. The van der Waals surface area contributed by atoms with Gasteiger partial charge in [0.15, 0.2) is 6.04 Å². The van der Waals surface area contributed by atoms with Crippen molar-refractivity contribution in [1.82, 2.24) is 9.88 Å². The third-order valence-electron chi connectivity index (χ3n) is 3.82.